The lowest BCUT2D eigenvalue weighted by Crippen LogP contribution is -2.36. The Morgan fingerprint density at radius 2 is 1.65 bits per heavy atom. The molecule has 0 unspecified atom stereocenters. The fraction of sp³-hybridized carbons (Fsp3) is 0.263. The average Bonchev–Trinajstić information content (AvgIpc) is 2.59. The number of alkyl halides is 3. The van der Waals surface area contributed by atoms with Crippen molar-refractivity contribution in [2.24, 2.45) is 0 Å². The van der Waals surface area contributed by atoms with E-state index in [9.17, 15) is 22.8 Å². The van der Waals surface area contributed by atoms with Gasteiger partial charge in [-0.3, -0.25) is 9.59 Å². The molecule has 138 valence electrons. The van der Waals surface area contributed by atoms with Crippen molar-refractivity contribution >= 4 is 17.5 Å². The zero-order valence-electron chi connectivity index (χ0n) is 14.2. The Bertz CT molecular complexity index is 771. The fourth-order valence-electron chi connectivity index (χ4n) is 2.35. The summed E-state index contributed by atoms with van der Waals surface area (Å²) in [6.07, 6.45) is -3.95. The van der Waals surface area contributed by atoms with Crippen molar-refractivity contribution in [3.63, 3.8) is 0 Å². The minimum absolute atomic E-state index is 0.147. The minimum Gasteiger partial charge on any atom is -0.344 e. The molecule has 0 bridgehead atoms. The standard InChI is InChI=1S/C19H19F3N2O2/c1-13-4-2-3-5-15(13)8-11-17(25)24-16-9-6-14(7-10-16)12-23-18(26)19(20,21)22/h2-7,9-10H,8,11-12H2,1H3,(H,23,26)(H,24,25). The number of aryl methyl sites for hydroxylation is 2. The highest BCUT2D eigenvalue weighted by Crippen LogP contribution is 2.15. The van der Waals surface area contributed by atoms with Crippen LogP contribution in [0.5, 0.6) is 0 Å². The third kappa shape index (κ3) is 5.91. The van der Waals surface area contributed by atoms with Crippen LogP contribution in [0.4, 0.5) is 18.9 Å². The van der Waals surface area contributed by atoms with Gasteiger partial charge in [0.15, 0.2) is 0 Å². The quantitative estimate of drug-likeness (QED) is 0.820. The van der Waals surface area contributed by atoms with E-state index in [1.54, 1.807) is 29.6 Å². The number of halogens is 3. The highest BCUT2D eigenvalue weighted by atomic mass is 19.4. The number of anilines is 1. The van der Waals surface area contributed by atoms with Crippen molar-refractivity contribution in [3.8, 4) is 0 Å². The normalized spacial score (nSPS) is 11.1. The van der Waals surface area contributed by atoms with Crippen LogP contribution in [0.25, 0.3) is 0 Å². The maximum atomic E-state index is 12.1. The van der Waals surface area contributed by atoms with Gasteiger partial charge in [-0.1, -0.05) is 36.4 Å². The number of benzene rings is 2. The molecule has 0 aliphatic heterocycles. The maximum Gasteiger partial charge on any atom is 0.471 e. The lowest BCUT2D eigenvalue weighted by Gasteiger charge is -2.09. The highest BCUT2D eigenvalue weighted by Gasteiger charge is 2.38. The number of hydrogen-bond acceptors (Lipinski definition) is 2. The van der Waals surface area contributed by atoms with Gasteiger partial charge >= 0.3 is 12.1 Å². The summed E-state index contributed by atoms with van der Waals surface area (Å²) < 4.78 is 36.4. The van der Waals surface area contributed by atoms with Crippen molar-refractivity contribution in [1.82, 2.24) is 5.32 Å². The summed E-state index contributed by atoms with van der Waals surface area (Å²) >= 11 is 0. The van der Waals surface area contributed by atoms with Crippen LogP contribution >= 0.6 is 0 Å². The molecule has 2 amide bonds. The molecule has 0 aliphatic rings. The molecule has 0 spiro atoms. The Morgan fingerprint density at radius 3 is 2.27 bits per heavy atom. The van der Waals surface area contributed by atoms with Gasteiger partial charge in [0.25, 0.3) is 0 Å². The summed E-state index contributed by atoms with van der Waals surface area (Å²) in [6, 6.07) is 14.1. The van der Waals surface area contributed by atoms with Crippen LogP contribution in [0.15, 0.2) is 48.5 Å². The Balaban J connectivity index is 1.82. The summed E-state index contributed by atoms with van der Waals surface area (Å²) in [5.74, 6) is -2.13. The van der Waals surface area contributed by atoms with Crippen LogP contribution in [-0.4, -0.2) is 18.0 Å². The second-order valence-corrected chi connectivity index (χ2v) is 5.85. The molecule has 0 heterocycles. The molecule has 0 aromatic heterocycles. The van der Waals surface area contributed by atoms with E-state index >= 15 is 0 Å². The molecule has 26 heavy (non-hydrogen) atoms. The van der Waals surface area contributed by atoms with Crippen LogP contribution in [-0.2, 0) is 22.6 Å². The van der Waals surface area contributed by atoms with Gasteiger partial charge in [0.1, 0.15) is 0 Å². The topological polar surface area (TPSA) is 58.2 Å². The van der Waals surface area contributed by atoms with Crippen LogP contribution in [0.2, 0.25) is 0 Å². The second-order valence-electron chi connectivity index (χ2n) is 5.85. The van der Waals surface area contributed by atoms with E-state index in [0.717, 1.165) is 11.1 Å². The Morgan fingerprint density at radius 1 is 1.00 bits per heavy atom. The first kappa shape index (κ1) is 19.5. The van der Waals surface area contributed by atoms with Gasteiger partial charge < -0.3 is 10.6 Å². The van der Waals surface area contributed by atoms with Gasteiger partial charge in [-0.2, -0.15) is 13.2 Å². The van der Waals surface area contributed by atoms with Crippen molar-refractivity contribution < 1.29 is 22.8 Å². The predicted octanol–water partition coefficient (Wildman–Crippen LogP) is 3.74. The first-order chi connectivity index (χ1) is 12.3. The third-order valence-corrected chi connectivity index (χ3v) is 3.83. The molecule has 0 fully saturated rings. The highest BCUT2D eigenvalue weighted by molar-refractivity contribution is 5.90. The Hall–Kier alpha value is -2.83. The van der Waals surface area contributed by atoms with E-state index in [4.69, 9.17) is 0 Å². The molecule has 2 N–H and O–H groups in total. The lowest BCUT2D eigenvalue weighted by atomic mass is 10.0. The van der Waals surface area contributed by atoms with Crippen molar-refractivity contribution in [1.29, 1.82) is 0 Å². The summed E-state index contributed by atoms with van der Waals surface area (Å²) in [5, 5.41) is 4.53. The molecule has 4 nitrogen and oxygen atoms in total. The number of carbonyl (C=O) groups is 2. The molecular weight excluding hydrogens is 345 g/mol. The van der Waals surface area contributed by atoms with E-state index in [1.165, 1.54) is 0 Å². The van der Waals surface area contributed by atoms with E-state index in [-0.39, 0.29) is 12.5 Å². The number of nitrogens with one attached hydrogen (secondary N) is 2. The van der Waals surface area contributed by atoms with Gasteiger partial charge in [0, 0.05) is 18.7 Å². The van der Waals surface area contributed by atoms with E-state index in [2.05, 4.69) is 5.32 Å². The van der Waals surface area contributed by atoms with Crippen molar-refractivity contribution in [2.45, 2.75) is 32.5 Å². The Labute approximate surface area is 149 Å². The predicted molar refractivity (Wildman–Crippen MR) is 92.5 cm³/mol. The molecule has 7 heteroatoms. The molecular formula is C19H19F3N2O2. The molecule has 0 aliphatic carbocycles. The molecule has 2 aromatic carbocycles. The van der Waals surface area contributed by atoms with Gasteiger partial charge in [-0.05, 0) is 42.2 Å². The zero-order chi connectivity index (χ0) is 19.2. The summed E-state index contributed by atoms with van der Waals surface area (Å²) in [5.41, 5.74) is 3.29. The van der Waals surface area contributed by atoms with Crippen LogP contribution in [0.1, 0.15) is 23.1 Å². The third-order valence-electron chi connectivity index (χ3n) is 3.83. The first-order valence-electron chi connectivity index (χ1n) is 8.04. The number of amides is 2. The maximum absolute atomic E-state index is 12.1. The Kier molecular flexibility index (Phi) is 6.38. The number of carbonyl (C=O) groups excluding carboxylic acids is 2. The summed E-state index contributed by atoms with van der Waals surface area (Å²) in [4.78, 5) is 22.8. The van der Waals surface area contributed by atoms with Gasteiger partial charge in [0.05, 0.1) is 0 Å². The molecule has 0 saturated heterocycles. The lowest BCUT2D eigenvalue weighted by molar-refractivity contribution is -0.173. The van der Waals surface area contributed by atoms with E-state index in [1.807, 2.05) is 31.2 Å². The smallest absolute Gasteiger partial charge is 0.344 e. The monoisotopic (exact) mass is 364 g/mol. The fourth-order valence-corrected chi connectivity index (χ4v) is 2.35. The number of rotatable bonds is 6. The molecule has 0 saturated carbocycles. The SMILES string of the molecule is Cc1ccccc1CCC(=O)Nc1ccc(CNC(=O)C(F)(F)F)cc1. The summed E-state index contributed by atoms with van der Waals surface area (Å²) in [6.45, 7) is 1.75. The van der Waals surface area contributed by atoms with E-state index in [0.29, 0.717) is 24.1 Å². The molecule has 0 atom stereocenters. The largest absolute Gasteiger partial charge is 0.471 e. The first-order valence-corrected chi connectivity index (χ1v) is 8.04. The number of hydrogen-bond donors (Lipinski definition) is 2. The van der Waals surface area contributed by atoms with Gasteiger partial charge in [-0.15, -0.1) is 0 Å². The average molecular weight is 364 g/mol. The van der Waals surface area contributed by atoms with Crippen molar-refractivity contribution in [2.75, 3.05) is 5.32 Å². The summed E-state index contributed by atoms with van der Waals surface area (Å²) in [7, 11) is 0. The van der Waals surface area contributed by atoms with Gasteiger partial charge in [0.2, 0.25) is 5.91 Å². The van der Waals surface area contributed by atoms with Gasteiger partial charge in [-0.25, -0.2) is 0 Å². The van der Waals surface area contributed by atoms with Crippen LogP contribution in [0.3, 0.4) is 0 Å². The van der Waals surface area contributed by atoms with Crippen LogP contribution in [0, 0.1) is 6.92 Å². The zero-order valence-corrected chi connectivity index (χ0v) is 14.2. The molecule has 2 aromatic rings. The van der Waals surface area contributed by atoms with Crippen molar-refractivity contribution in [3.05, 3.63) is 65.2 Å². The van der Waals surface area contributed by atoms with E-state index < -0.39 is 12.1 Å². The molecule has 0 radical (unpaired) electrons. The minimum atomic E-state index is -4.90. The molecule has 2 rings (SSSR count). The van der Waals surface area contributed by atoms with Crippen LogP contribution < -0.4 is 10.6 Å². The second kappa shape index (κ2) is 8.51.